The molecule has 118 valence electrons. The van der Waals surface area contributed by atoms with Gasteiger partial charge in [0.05, 0.1) is 35.9 Å². The number of H-pyrrole nitrogens is 1. The van der Waals surface area contributed by atoms with Crippen LogP contribution in [0.4, 0.5) is 0 Å². The molecule has 1 saturated heterocycles. The Morgan fingerprint density at radius 3 is 3.00 bits per heavy atom. The second-order valence-corrected chi connectivity index (χ2v) is 7.49. The molecule has 1 aliphatic heterocycles. The highest BCUT2D eigenvalue weighted by Crippen LogP contribution is 2.25. The van der Waals surface area contributed by atoms with Gasteiger partial charge in [-0.25, -0.2) is 13.4 Å². The summed E-state index contributed by atoms with van der Waals surface area (Å²) in [5.74, 6) is 0.528. The average Bonchev–Trinajstić information content (AvgIpc) is 3.16. The zero-order valence-electron chi connectivity index (χ0n) is 12.0. The molecule has 1 atom stereocenters. The van der Waals surface area contributed by atoms with Crippen molar-refractivity contribution in [1.82, 2.24) is 30.3 Å². The van der Waals surface area contributed by atoms with E-state index in [1.54, 1.807) is 11.6 Å². The van der Waals surface area contributed by atoms with Crippen LogP contribution in [0, 0.1) is 6.92 Å². The minimum atomic E-state index is -2.99. The first-order chi connectivity index (χ1) is 10.5. The van der Waals surface area contributed by atoms with E-state index in [1.807, 2.05) is 0 Å². The van der Waals surface area contributed by atoms with E-state index in [0.29, 0.717) is 23.5 Å². The third kappa shape index (κ3) is 2.86. The van der Waals surface area contributed by atoms with Crippen LogP contribution in [0.5, 0.6) is 0 Å². The maximum absolute atomic E-state index is 12.2. The molecule has 9 nitrogen and oxygen atoms in total. The van der Waals surface area contributed by atoms with Crippen molar-refractivity contribution in [2.24, 2.45) is 0 Å². The predicted molar refractivity (Wildman–Crippen MR) is 76.8 cm³/mol. The van der Waals surface area contributed by atoms with E-state index >= 15 is 0 Å². The average molecular weight is 324 g/mol. The normalized spacial score (nSPS) is 20.1. The number of aromatic nitrogens is 5. The molecule has 1 amide bonds. The van der Waals surface area contributed by atoms with E-state index in [1.165, 1.54) is 12.5 Å². The van der Waals surface area contributed by atoms with Crippen molar-refractivity contribution in [1.29, 1.82) is 0 Å². The fraction of sp³-hybridized carbons (Fsp3) is 0.500. The minimum absolute atomic E-state index is 0.0780. The van der Waals surface area contributed by atoms with Crippen LogP contribution in [0.2, 0.25) is 0 Å². The highest BCUT2D eigenvalue weighted by molar-refractivity contribution is 7.91. The molecule has 0 spiro atoms. The summed E-state index contributed by atoms with van der Waals surface area (Å²) in [7, 11) is -2.99. The summed E-state index contributed by atoms with van der Waals surface area (Å²) < 4.78 is 24.8. The lowest BCUT2D eigenvalue weighted by molar-refractivity contribution is 0.0949. The topological polar surface area (TPSA) is 123 Å². The van der Waals surface area contributed by atoms with Gasteiger partial charge in [0.1, 0.15) is 12.2 Å². The molecule has 1 aliphatic rings. The van der Waals surface area contributed by atoms with Crippen LogP contribution >= 0.6 is 0 Å². The van der Waals surface area contributed by atoms with Gasteiger partial charge in [-0.05, 0) is 13.3 Å². The molecule has 0 bridgehead atoms. The van der Waals surface area contributed by atoms with Crippen LogP contribution in [0.15, 0.2) is 12.5 Å². The maximum atomic E-state index is 12.2. The molecule has 1 unspecified atom stereocenters. The van der Waals surface area contributed by atoms with Crippen LogP contribution in [0.1, 0.15) is 34.3 Å². The first kappa shape index (κ1) is 14.7. The summed E-state index contributed by atoms with van der Waals surface area (Å²) in [5.41, 5.74) is 1.10. The second kappa shape index (κ2) is 5.52. The number of sulfone groups is 1. The number of amides is 1. The number of hydrogen-bond acceptors (Lipinski definition) is 6. The SMILES string of the molecule is Cc1c(C(=O)NCc2ncn[nH]2)cnn1C1CCS(=O)(=O)C1. The third-order valence-electron chi connectivity index (χ3n) is 3.72. The van der Waals surface area contributed by atoms with E-state index in [2.05, 4.69) is 25.6 Å². The minimum Gasteiger partial charge on any atom is -0.345 e. The number of nitrogens with one attached hydrogen (secondary N) is 2. The summed E-state index contributed by atoms with van der Waals surface area (Å²) in [6.45, 7) is 2.00. The fourth-order valence-corrected chi connectivity index (χ4v) is 4.25. The molecule has 1 fully saturated rings. The molecule has 22 heavy (non-hydrogen) atoms. The third-order valence-corrected chi connectivity index (χ3v) is 5.48. The molecular weight excluding hydrogens is 308 g/mol. The molecule has 2 aromatic heterocycles. The monoisotopic (exact) mass is 324 g/mol. The van der Waals surface area contributed by atoms with Crippen LogP contribution in [-0.4, -0.2) is 50.8 Å². The molecule has 0 aromatic carbocycles. The molecule has 0 aliphatic carbocycles. The van der Waals surface area contributed by atoms with Crippen molar-refractivity contribution in [3.8, 4) is 0 Å². The van der Waals surface area contributed by atoms with Crippen molar-refractivity contribution in [3.05, 3.63) is 29.6 Å². The van der Waals surface area contributed by atoms with Gasteiger partial charge in [-0.3, -0.25) is 14.6 Å². The second-order valence-electron chi connectivity index (χ2n) is 5.26. The molecule has 2 N–H and O–H groups in total. The molecule has 0 radical (unpaired) electrons. The Kier molecular flexibility index (Phi) is 3.69. The zero-order chi connectivity index (χ0) is 15.7. The smallest absolute Gasteiger partial charge is 0.255 e. The van der Waals surface area contributed by atoms with E-state index < -0.39 is 9.84 Å². The lowest BCUT2D eigenvalue weighted by atomic mass is 10.2. The molecule has 3 rings (SSSR count). The summed E-state index contributed by atoms with van der Waals surface area (Å²) in [5, 5.41) is 13.3. The lowest BCUT2D eigenvalue weighted by Crippen LogP contribution is -2.24. The lowest BCUT2D eigenvalue weighted by Gasteiger charge is -2.11. The van der Waals surface area contributed by atoms with Crippen LogP contribution in [0.3, 0.4) is 0 Å². The quantitative estimate of drug-likeness (QED) is 0.789. The van der Waals surface area contributed by atoms with Crippen molar-refractivity contribution < 1.29 is 13.2 Å². The van der Waals surface area contributed by atoms with Crippen LogP contribution < -0.4 is 5.32 Å². The van der Waals surface area contributed by atoms with Gasteiger partial charge in [0.15, 0.2) is 9.84 Å². The van der Waals surface area contributed by atoms with Crippen molar-refractivity contribution in [3.63, 3.8) is 0 Å². The number of carbonyl (C=O) groups excluding carboxylic acids is 1. The zero-order valence-corrected chi connectivity index (χ0v) is 12.8. The Labute approximate surface area is 127 Å². The van der Waals surface area contributed by atoms with Crippen molar-refractivity contribution >= 4 is 15.7 Å². The van der Waals surface area contributed by atoms with Crippen LogP contribution in [0.25, 0.3) is 0 Å². The van der Waals surface area contributed by atoms with Gasteiger partial charge >= 0.3 is 0 Å². The van der Waals surface area contributed by atoms with Gasteiger partial charge in [-0.15, -0.1) is 0 Å². The van der Waals surface area contributed by atoms with Gasteiger partial charge in [-0.1, -0.05) is 0 Å². The number of nitrogens with zero attached hydrogens (tertiary/aromatic N) is 4. The number of aromatic amines is 1. The van der Waals surface area contributed by atoms with E-state index in [9.17, 15) is 13.2 Å². The fourth-order valence-electron chi connectivity index (χ4n) is 2.56. The summed E-state index contributed by atoms with van der Waals surface area (Å²) >= 11 is 0. The van der Waals surface area contributed by atoms with Crippen molar-refractivity contribution in [2.75, 3.05) is 11.5 Å². The molecular formula is C12H16N6O3S. The molecule has 10 heteroatoms. The summed E-state index contributed by atoms with van der Waals surface area (Å²) in [4.78, 5) is 16.1. The Morgan fingerprint density at radius 2 is 2.36 bits per heavy atom. The molecule has 3 heterocycles. The standard InChI is InChI=1S/C12H16N6O3S/c1-8-10(12(19)13-5-11-14-7-15-17-11)4-16-18(8)9-2-3-22(20,21)6-9/h4,7,9H,2-3,5-6H2,1H3,(H,13,19)(H,14,15,17). The number of carbonyl (C=O) groups is 1. The molecule has 2 aromatic rings. The Bertz CT molecular complexity index is 780. The first-order valence-electron chi connectivity index (χ1n) is 6.83. The Hall–Kier alpha value is -2.23. The summed E-state index contributed by atoms with van der Waals surface area (Å²) in [6.07, 6.45) is 3.37. The van der Waals surface area contributed by atoms with E-state index in [-0.39, 0.29) is 30.0 Å². The van der Waals surface area contributed by atoms with Gasteiger partial charge < -0.3 is 5.32 Å². The van der Waals surface area contributed by atoms with Gasteiger partial charge in [0, 0.05) is 5.69 Å². The maximum Gasteiger partial charge on any atom is 0.255 e. The highest BCUT2D eigenvalue weighted by Gasteiger charge is 2.31. The molecule has 0 saturated carbocycles. The number of hydrogen-bond donors (Lipinski definition) is 2. The largest absolute Gasteiger partial charge is 0.345 e. The summed E-state index contributed by atoms with van der Waals surface area (Å²) in [6, 6.07) is -0.194. The van der Waals surface area contributed by atoms with E-state index in [0.717, 1.165) is 0 Å². The van der Waals surface area contributed by atoms with Crippen molar-refractivity contribution in [2.45, 2.75) is 25.9 Å². The Morgan fingerprint density at radius 1 is 1.55 bits per heavy atom. The highest BCUT2D eigenvalue weighted by atomic mass is 32.2. The predicted octanol–water partition coefficient (Wildman–Crippen LogP) is -0.401. The van der Waals surface area contributed by atoms with E-state index in [4.69, 9.17) is 0 Å². The van der Waals surface area contributed by atoms with Gasteiger partial charge in [0.2, 0.25) is 0 Å². The van der Waals surface area contributed by atoms with Gasteiger partial charge in [-0.2, -0.15) is 10.2 Å². The van der Waals surface area contributed by atoms with Gasteiger partial charge in [0.25, 0.3) is 5.91 Å². The first-order valence-corrected chi connectivity index (χ1v) is 8.65. The van der Waals surface area contributed by atoms with Crippen LogP contribution in [-0.2, 0) is 16.4 Å². The number of rotatable bonds is 4. The Balaban J connectivity index is 1.71.